The van der Waals surface area contributed by atoms with Gasteiger partial charge in [-0.3, -0.25) is 4.98 Å². The molecule has 78 valence electrons. The number of nitrogens with zero attached hydrogens (tertiary/aromatic N) is 1. The van der Waals surface area contributed by atoms with Crippen LogP contribution in [0.5, 0.6) is 0 Å². The first-order chi connectivity index (χ1) is 7.90. The van der Waals surface area contributed by atoms with Gasteiger partial charge in [-0.05, 0) is 17.0 Å². The molecule has 0 aliphatic heterocycles. The lowest BCUT2D eigenvalue weighted by Crippen LogP contribution is -1.86. The van der Waals surface area contributed by atoms with E-state index in [9.17, 15) is 0 Å². The normalized spacial score (nSPS) is 11.1. The van der Waals surface area contributed by atoms with Crippen LogP contribution < -0.4 is 0 Å². The highest BCUT2D eigenvalue weighted by Gasteiger charge is 2.04. The molecule has 3 aromatic rings. The first kappa shape index (κ1) is 9.61. The molecular weight excluding hydrogens is 218 g/mol. The van der Waals surface area contributed by atoms with Crippen LogP contribution in [0.3, 0.4) is 0 Å². The van der Waals surface area contributed by atoms with Gasteiger partial charge in [0.15, 0.2) is 0 Å². The Bertz CT molecular complexity index is 661. The fraction of sp³-hybridized carbons (Fsp3) is 0.0714. The zero-order valence-corrected chi connectivity index (χ0v) is 9.41. The van der Waals surface area contributed by atoms with Crippen molar-refractivity contribution < 1.29 is 0 Å². The zero-order valence-electron chi connectivity index (χ0n) is 8.65. The van der Waals surface area contributed by atoms with Gasteiger partial charge in [0.05, 0.1) is 5.52 Å². The highest BCUT2D eigenvalue weighted by atomic mass is 35.5. The van der Waals surface area contributed by atoms with Crippen molar-refractivity contribution >= 4 is 33.3 Å². The summed E-state index contributed by atoms with van der Waals surface area (Å²) in [6.45, 7) is 0. The monoisotopic (exact) mass is 227 g/mol. The van der Waals surface area contributed by atoms with Crippen LogP contribution in [0.4, 0.5) is 0 Å². The number of fused-ring (bicyclic) bond motifs is 3. The fourth-order valence-electron chi connectivity index (χ4n) is 2.06. The molecular formula is C14H10ClN. The molecule has 0 saturated heterocycles. The van der Waals surface area contributed by atoms with Gasteiger partial charge in [-0.2, -0.15) is 0 Å². The van der Waals surface area contributed by atoms with E-state index < -0.39 is 0 Å². The second-order valence-electron chi connectivity index (χ2n) is 3.79. The molecule has 0 atom stereocenters. The van der Waals surface area contributed by atoms with Gasteiger partial charge in [0.25, 0.3) is 0 Å². The number of aromatic nitrogens is 1. The minimum absolute atomic E-state index is 0.525. The van der Waals surface area contributed by atoms with Crippen LogP contribution in [0.2, 0.25) is 0 Å². The predicted molar refractivity (Wildman–Crippen MR) is 68.8 cm³/mol. The summed E-state index contributed by atoms with van der Waals surface area (Å²) in [6.07, 6.45) is 1.83. The lowest BCUT2D eigenvalue weighted by molar-refractivity contribution is 1.35. The molecule has 0 unspecified atom stereocenters. The molecule has 0 aliphatic carbocycles. The zero-order chi connectivity index (χ0) is 11.0. The second-order valence-corrected chi connectivity index (χ2v) is 4.05. The standard InChI is InChI=1S/C14H10ClN/c15-9-11-7-8-16-14-12-4-2-1-3-10(12)5-6-13(11)14/h1-8H,9H2. The van der Waals surface area contributed by atoms with Crippen LogP contribution in [0.15, 0.2) is 48.7 Å². The van der Waals surface area contributed by atoms with Crippen LogP contribution in [-0.4, -0.2) is 4.98 Å². The average Bonchev–Trinajstić information content (AvgIpc) is 2.37. The summed E-state index contributed by atoms with van der Waals surface area (Å²) in [5.41, 5.74) is 2.17. The van der Waals surface area contributed by atoms with Crippen molar-refractivity contribution in [1.82, 2.24) is 4.98 Å². The van der Waals surface area contributed by atoms with E-state index in [0.717, 1.165) is 16.5 Å². The molecule has 1 heterocycles. The number of hydrogen-bond acceptors (Lipinski definition) is 1. The van der Waals surface area contributed by atoms with Gasteiger partial charge in [-0.15, -0.1) is 11.6 Å². The molecule has 0 N–H and O–H groups in total. The summed E-state index contributed by atoms with van der Waals surface area (Å²) in [4.78, 5) is 4.46. The molecule has 0 bridgehead atoms. The summed E-state index contributed by atoms with van der Waals surface area (Å²) < 4.78 is 0. The van der Waals surface area contributed by atoms with Crippen LogP contribution in [0, 0.1) is 0 Å². The third-order valence-corrected chi connectivity index (χ3v) is 3.16. The Kier molecular flexibility index (Phi) is 2.26. The van der Waals surface area contributed by atoms with Crippen LogP contribution >= 0.6 is 11.6 Å². The van der Waals surface area contributed by atoms with E-state index >= 15 is 0 Å². The number of benzene rings is 2. The molecule has 3 rings (SSSR count). The van der Waals surface area contributed by atoms with Crippen molar-refractivity contribution in [3.8, 4) is 0 Å². The summed E-state index contributed by atoms with van der Waals surface area (Å²) in [5, 5.41) is 3.55. The maximum atomic E-state index is 5.93. The number of alkyl halides is 1. The van der Waals surface area contributed by atoms with E-state index in [0.29, 0.717) is 5.88 Å². The van der Waals surface area contributed by atoms with Gasteiger partial charge < -0.3 is 0 Å². The van der Waals surface area contributed by atoms with Gasteiger partial charge in [-0.25, -0.2) is 0 Å². The Labute approximate surface area is 98.7 Å². The molecule has 0 spiro atoms. The van der Waals surface area contributed by atoms with Crippen LogP contribution in [-0.2, 0) is 5.88 Å². The highest BCUT2D eigenvalue weighted by molar-refractivity contribution is 6.18. The van der Waals surface area contributed by atoms with Crippen LogP contribution in [0.25, 0.3) is 21.7 Å². The minimum Gasteiger partial charge on any atom is -0.256 e. The largest absolute Gasteiger partial charge is 0.256 e. The van der Waals surface area contributed by atoms with Crippen molar-refractivity contribution in [2.24, 2.45) is 0 Å². The number of halogens is 1. The lowest BCUT2D eigenvalue weighted by atomic mass is 10.0. The van der Waals surface area contributed by atoms with Gasteiger partial charge >= 0.3 is 0 Å². The minimum atomic E-state index is 0.525. The molecule has 0 saturated carbocycles. The Morgan fingerprint density at radius 1 is 0.938 bits per heavy atom. The summed E-state index contributed by atoms with van der Waals surface area (Å²) in [5.74, 6) is 0.525. The molecule has 16 heavy (non-hydrogen) atoms. The summed E-state index contributed by atoms with van der Waals surface area (Å²) >= 11 is 5.93. The molecule has 0 amide bonds. The summed E-state index contributed by atoms with van der Waals surface area (Å²) in [6, 6.07) is 14.5. The van der Waals surface area contributed by atoms with E-state index in [2.05, 4.69) is 29.2 Å². The number of rotatable bonds is 1. The molecule has 0 fully saturated rings. The molecule has 1 aromatic heterocycles. The van der Waals surface area contributed by atoms with E-state index in [1.807, 2.05) is 24.4 Å². The summed E-state index contributed by atoms with van der Waals surface area (Å²) in [7, 11) is 0. The first-order valence-electron chi connectivity index (χ1n) is 5.21. The van der Waals surface area contributed by atoms with E-state index in [4.69, 9.17) is 11.6 Å². The predicted octanol–water partition coefficient (Wildman–Crippen LogP) is 4.13. The first-order valence-corrected chi connectivity index (χ1v) is 5.75. The Hall–Kier alpha value is -1.60. The van der Waals surface area contributed by atoms with E-state index in [1.54, 1.807) is 0 Å². The second kappa shape index (κ2) is 3.76. The van der Waals surface area contributed by atoms with Gasteiger partial charge in [0, 0.05) is 22.8 Å². The smallest absolute Gasteiger partial charge is 0.0783 e. The third kappa shape index (κ3) is 1.36. The maximum absolute atomic E-state index is 5.93. The van der Waals surface area contributed by atoms with E-state index in [1.165, 1.54) is 10.8 Å². The maximum Gasteiger partial charge on any atom is 0.0783 e. The van der Waals surface area contributed by atoms with Crippen molar-refractivity contribution in [1.29, 1.82) is 0 Å². The molecule has 1 nitrogen and oxygen atoms in total. The Morgan fingerprint density at radius 3 is 2.69 bits per heavy atom. The Morgan fingerprint density at radius 2 is 1.81 bits per heavy atom. The van der Waals surface area contributed by atoms with Crippen molar-refractivity contribution in [3.05, 3.63) is 54.2 Å². The molecule has 0 aliphatic rings. The van der Waals surface area contributed by atoms with Gasteiger partial charge in [-0.1, -0.05) is 36.4 Å². The van der Waals surface area contributed by atoms with Gasteiger partial charge in [0.2, 0.25) is 0 Å². The SMILES string of the molecule is ClCc1ccnc2c1ccc1ccccc12. The average molecular weight is 228 g/mol. The highest BCUT2D eigenvalue weighted by Crippen LogP contribution is 2.26. The van der Waals surface area contributed by atoms with Crippen molar-refractivity contribution in [2.45, 2.75) is 5.88 Å². The number of hydrogen-bond donors (Lipinski definition) is 0. The lowest BCUT2D eigenvalue weighted by Gasteiger charge is -2.05. The fourth-order valence-corrected chi connectivity index (χ4v) is 2.29. The Balaban J connectivity index is 2.52. The molecule has 2 heteroatoms. The topological polar surface area (TPSA) is 12.9 Å². The van der Waals surface area contributed by atoms with Crippen molar-refractivity contribution in [3.63, 3.8) is 0 Å². The van der Waals surface area contributed by atoms with Gasteiger partial charge in [0.1, 0.15) is 0 Å². The van der Waals surface area contributed by atoms with Crippen molar-refractivity contribution in [2.75, 3.05) is 0 Å². The molecule has 2 aromatic carbocycles. The molecule has 0 radical (unpaired) electrons. The van der Waals surface area contributed by atoms with Crippen LogP contribution in [0.1, 0.15) is 5.56 Å². The third-order valence-electron chi connectivity index (χ3n) is 2.87. The quantitative estimate of drug-likeness (QED) is 0.450. The number of pyridine rings is 1. The van der Waals surface area contributed by atoms with E-state index in [-0.39, 0.29) is 0 Å².